The molecule has 2 rings (SSSR count). The number of ether oxygens (including phenoxy) is 1. The highest BCUT2D eigenvalue weighted by Gasteiger charge is 2.16. The molecule has 0 amide bonds. The highest BCUT2D eigenvalue weighted by Crippen LogP contribution is 2.28. The van der Waals surface area contributed by atoms with E-state index in [4.69, 9.17) is 16.3 Å². The van der Waals surface area contributed by atoms with Gasteiger partial charge >= 0.3 is 0 Å². The molecule has 19 heavy (non-hydrogen) atoms. The smallest absolute Gasteiger partial charge is 0.195 e. The topological polar surface area (TPSA) is 26.3 Å². The summed E-state index contributed by atoms with van der Waals surface area (Å²) in [5.74, 6) is 0.482. The standard InChI is InChI=1S/C14H9Br2ClO2/c1-19-9-3-4-10(13(17)7-9)14(18)11-6-8(15)2-5-12(11)16/h2-7H,1H3. The van der Waals surface area contributed by atoms with Gasteiger partial charge in [-0.25, -0.2) is 0 Å². The summed E-state index contributed by atoms with van der Waals surface area (Å²) in [5.41, 5.74) is 1.00. The van der Waals surface area contributed by atoms with Crippen LogP contribution in [0.2, 0.25) is 5.02 Å². The van der Waals surface area contributed by atoms with Crippen molar-refractivity contribution in [2.75, 3.05) is 7.11 Å². The quantitative estimate of drug-likeness (QED) is 0.665. The molecule has 2 nitrogen and oxygen atoms in total. The zero-order valence-corrected chi connectivity index (χ0v) is 13.8. The molecular formula is C14H9Br2ClO2. The molecule has 0 radical (unpaired) electrons. The lowest BCUT2D eigenvalue weighted by atomic mass is 10.0. The molecule has 0 N–H and O–H groups in total. The van der Waals surface area contributed by atoms with Gasteiger partial charge in [0.2, 0.25) is 0 Å². The summed E-state index contributed by atoms with van der Waals surface area (Å²) < 4.78 is 6.63. The molecule has 0 aliphatic heterocycles. The van der Waals surface area contributed by atoms with Crippen LogP contribution in [-0.2, 0) is 0 Å². The maximum atomic E-state index is 12.5. The minimum absolute atomic E-state index is 0.138. The number of carbonyl (C=O) groups is 1. The summed E-state index contributed by atoms with van der Waals surface area (Å²) in [5, 5.41) is 0.372. The number of halogens is 3. The molecule has 0 aromatic heterocycles. The van der Waals surface area contributed by atoms with Gasteiger partial charge in [0.1, 0.15) is 5.75 Å². The number of ketones is 1. The van der Waals surface area contributed by atoms with E-state index in [-0.39, 0.29) is 5.78 Å². The summed E-state index contributed by atoms with van der Waals surface area (Å²) in [6, 6.07) is 10.4. The Hall–Kier alpha value is -0.840. The van der Waals surface area contributed by atoms with Crippen molar-refractivity contribution in [3.63, 3.8) is 0 Å². The first-order valence-corrected chi connectivity index (χ1v) is 7.32. The molecule has 0 aliphatic carbocycles. The maximum Gasteiger partial charge on any atom is 0.195 e. The Morgan fingerprint density at radius 2 is 1.84 bits per heavy atom. The first-order chi connectivity index (χ1) is 9.02. The Kier molecular flexibility index (Phi) is 4.66. The number of hydrogen-bond donors (Lipinski definition) is 0. The largest absolute Gasteiger partial charge is 0.497 e. The summed E-state index contributed by atoms with van der Waals surface area (Å²) in [6.07, 6.45) is 0. The molecule has 0 atom stereocenters. The molecule has 0 aliphatic rings. The fraction of sp³-hybridized carbons (Fsp3) is 0.0714. The Bertz CT molecular complexity index is 641. The summed E-state index contributed by atoms with van der Waals surface area (Å²) in [4.78, 5) is 12.5. The zero-order valence-electron chi connectivity index (χ0n) is 9.91. The summed E-state index contributed by atoms with van der Waals surface area (Å²) in [6.45, 7) is 0. The Morgan fingerprint density at radius 1 is 1.11 bits per heavy atom. The molecule has 2 aromatic rings. The fourth-order valence-electron chi connectivity index (χ4n) is 1.62. The molecule has 2 aromatic carbocycles. The van der Waals surface area contributed by atoms with Crippen LogP contribution in [0.15, 0.2) is 45.3 Å². The lowest BCUT2D eigenvalue weighted by Gasteiger charge is -2.08. The second-order valence-corrected chi connectivity index (χ2v) is 5.98. The van der Waals surface area contributed by atoms with Crippen LogP contribution in [0.1, 0.15) is 15.9 Å². The molecule has 0 saturated heterocycles. The molecule has 98 valence electrons. The van der Waals surface area contributed by atoms with E-state index >= 15 is 0 Å². The van der Waals surface area contributed by atoms with E-state index in [0.29, 0.717) is 21.9 Å². The second-order valence-electron chi connectivity index (χ2n) is 3.80. The average Bonchev–Trinajstić information content (AvgIpc) is 2.40. The maximum absolute atomic E-state index is 12.5. The third-order valence-corrected chi connectivity index (χ3v) is 4.09. The van der Waals surface area contributed by atoms with Crippen LogP contribution < -0.4 is 4.74 Å². The van der Waals surface area contributed by atoms with Crippen LogP contribution in [0.4, 0.5) is 0 Å². The zero-order chi connectivity index (χ0) is 14.0. The van der Waals surface area contributed by atoms with Crippen LogP contribution in [0, 0.1) is 0 Å². The lowest BCUT2D eigenvalue weighted by molar-refractivity contribution is 0.103. The monoisotopic (exact) mass is 402 g/mol. The second kappa shape index (κ2) is 6.07. The molecule has 0 spiro atoms. The van der Waals surface area contributed by atoms with Crippen molar-refractivity contribution in [1.29, 1.82) is 0 Å². The van der Waals surface area contributed by atoms with E-state index in [9.17, 15) is 4.79 Å². The average molecular weight is 404 g/mol. The van der Waals surface area contributed by atoms with Crippen molar-refractivity contribution in [2.45, 2.75) is 0 Å². The molecule has 5 heteroatoms. The molecular weight excluding hydrogens is 395 g/mol. The highest BCUT2D eigenvalue weighted by atomic mass is 79.9. The first kappa shape index (κ1) is 14.6. The SMILES string of the molecule is COc1ccc(C(=O)c2cc(Br)ccc2Br)c(Cl)c1. The van der Waals surface area contributed by atoms with Crippen LogP contribution in [-0.4, -0.2) is 12.9 Å². The minimum Gasteiger partial charge on any atom is -0.497 e. The molecule has 0 fully saturated rings. The lowest BCUT2D eigenvalue weighted by Crippen LogP contribution is -2.03. The number of methoxy groups -OCH3 is 1. The van der Waals surface area contributed by atoms with Crippen LogP contribution in [0.25, 0.3) is 0 Å². The van der Waals surface area contributed by atoms with Crippen LogP contribution >= 0.6 is 43.5 Å². The molecule has 0 bridgehead atoms. The van der Waals surface area contributed by atoms with Gasteiger partial charge in [-0.2, -0.15) is 0 Å². The van der Waals surface area contributed by atoms with Gasteiger partial charge in [-0.15, -0.1) is 0 Å². The van der Waals surface area contributed by atoms with Crippen molar-refractivity contribution in [3.05, 3.63) is 61.5 Å². The van der Waals surface area contributed by atoms with E-state index in [1.807, 2.05) is 12.1 Å². The van der Waals surface area contributed by atoms with Gasteiger partial charge in [0.05, 0.1) is 12.1 Å². The minimum atomic E-state index is -0.138. The predicted octanol–water partition coefficient (Wildman–Crippen LogP) is 5.10. The van der Waals surface area contributed by atoms with Crippen molar-refractivity contribution in [1.82, 2.24) is 0 Å². The van der Waals surface area contributed by atoms with E-state index in [0.717, 1.165) is 8.95 Å². The summed E-state index contributed by atoms with van der Waals surface area (Å²) in [7, 11) is 1.55. The van der Waals surface area contributed by atoms with E-state index < -0.39 is 0 Å². The Morgan fingerprint density at radius 3 is 2.47 bits per heavy atom. The summed E-state index contributed by atoms with van der Waals surface area (Å²) >= 11 is 12.8. The normalized spacial score (nSPS) is 10.3. The van der Waals surface area contributed by atoms with E-state index in [1.54, 1.807) is 31.4 Å². The number of hydrogen-bond acceptors (Lipinski definition) is 2. The van der Waals surface area contributed by atoms with Crippen LogP contribution in [0.5, 0.6) is 5.75 Å². The Balaban J connectivity index is 2.47. The van der Waals surface area contributed by atoms with Crippen molar-refractivity contribution in [2.24, 2.45) is 0 Å². The third kappa shape index (κ3) is 3.19. The number of rotatable bonds is 3. The predicted molar refractivity (Wildman–Crippen MR) is 83.3 cm³/mol. The van der Waals surface area contributed by atoms with Gasteiger partial charge in [-0.05, 0) is 36.4 Å². The highest BCUT2D eigenvalue weighted by molar-refractivity contribution is 9.11. The molecule has 0 saturated carbocycles. The number of carbonyl (C=O) groups excluding carboxylic acids is 1. The Labute approximate surface area is 133 Å². The van der Waals surface area contributed by atoms with Gasteiger partial charge in [0.15, 0.2) is 5.78 Å². The molecule has 0 heterocycles. The van der Waals surface area contributed by atoms with Crippen LogP contribution in [0.3, 0.4) is 0 Å². The van der Waals surface area contributed by atoms with Gasteiger partial charge in [0.25, 0.3) is 0 Å². The number of benzene rings is 2. The van der Waals surface area contributed by atoms with Gasteiger partial charge < -0.3 is 4.74 Å². The van der Waals surface area contributed by atoms with Gasteiger partial charge in [0, 0.05) is 20.1 Å². The van der Waals surface area contributed by atoms with Crippen molar-refractivity contribution >= 4 is 49.2 Å². The van der Waals surface area contributed by atoms with Gasteiger partial charge in [-0.1, -0.05) is 43.5 Å². The van der Waals surface area contributed by atoms with Gasteiger partial charge in [-0.3, -0.25) is 4.79 Å². The third-order valence-electron chi connectivity index (χ3n) is 2.59. The fourth-order valence-corrected chi connectivity index (χ4v) is 2.67. The molecule has 0 unspecified atom stereocenters. The van der Waals surface area contributed by atoms with Crippen molar-refractivity contribution < 1.29 is 9.53 Å². The van der Waals surface area contributed by atoms with E-state index in [1.165, 1.54) is 0 Å². The van der Waals surface area contributed by atoms with E-state index in [2.05, 4.69) is 31.9 Å². The first-order valence-electron chi connectivity index (χ1n) is 5.36. The van der Waals surface area contributed by atoms with Crippen molar-refractivity contribution in [3.8, 4) is 5.75 Å².